The third kappa shape index (κ3) is 3.08. The number of hydrogen-bond donors (Lipinski definition) is 0. The first kappa shape index (κ1) is 12.3. The third-order valence-electron chi connectivity index (χ3n) is 2.95. The molecule has 0 aliphatic heterocycles. The van der Waals surface area contributed by atoms with Crippen LogP contribution in [0.2, 0.25) is 0 Å². The van der Waals surface area contributed by atoms with Gasteiger partial charge in [-0.2, -0.15) is 0 Å². The molecule has 1 rings (SSSR count). The summed E-state index contributed by atoms with van der Waals surface area (Å²) in [6.07, 6.45) is 6.94. The zero-order valence-corrected chi connectivity index (χ0v) is 10.1. The van der Waals surface area contributed by atoms with E-state index < -0.39 is 5.41 Å². The number of ether oxygens (including phenoxy) is 1. The summed E-state index contributed by atoms with van der Waals surface area (Å²) < 4.78 is 5.69. The zero-order valence-electron chi connectivity index (χ0n) is 10.1. The summed E-state index contributed by atoms with van der Waals surface area (Å²) in [6.45, 7) is 9.43. The predicted molar refractivity (Wildman–Crippen MR) is 61.6 cm³/mol. The van der Waals surface area contributed by atoms with E-state index in [0.29, 0.717) is 0 Å². The number of esters is 1. The molecule has 2 nitrogen and oxygen atoms in total. The van der Waals surface area contributed by atoms with Gasteiger partial charge in [-0.3, -0.25) is 4.79 Å². The van der Waals surface area contributed by atoms with Crippen LogP contribution in [-0.4, -0.2) is 11.6 Å². The van der Waals surface area contributed by atoms with Crippen molar-refractivity contribution in [3.05, 3.63) is 12.7 Å². The second-order valence-electron chi connectivity index (χ2n) is 5.52. The molecule has 1 saturated carbocycles. The molecule has 0 radical (unpaired) electrons. The lowest BCUT2D eigenvalue weighted by Crippen LogP contribution is -2.36. The van der Waals surface area contributed by atoms with Crippen LogP contribution in [0.5, 0.6) is 0 Å². The molecule has 2 heteroatoms. The average molecular weight is 210 g/mol. The molecule has 0 heterocycles. The molecule has 0 atom stereocenters. The number of carbonyl (C=O) groups excluding carboxylic acids is 1. The highest BCUT2D eigenvalue weighted by Crippen LogP contribution is 2.38. The molecule has 1 aliphatic rings. The van der Waals surface area contributed by atoms with Crippen molar-refractivity contribution < 1.29 is 9.53 Å². The lowest BCUT2D eigenvalue weighted by Gasteiger charge is -2.31. The number of carbonyl (C=O) groups is 1. The standard InChI is InChI=1S/C13H22O2/c1-5-8-13(9-6-7-10-13)15-11(14)12(2,3)4/h5H,1,6-10H2,2-4H3. The quantitative estimate of drug-likeness (QED) is 0.526. The highest BCUT2D eigenvalue weighted by atomic mass is 16.6. The Hall–Kier alpha value is -0.790. The van der Waals surface area contributed by atoms with Gasteiger partial charge < -0.3 is 4.74 Å². The lowest BCUT2D eigenvalue weighted by molar-refractivity contribution is -0.168. The normalized spacial score (nSPS) is 19.9. The van der Waals surface area contributed by atoms with E-state index in [2.05, 4.69) is 6.58 Å². The van der Waals surface area contributed by atoms with Gasteiger partial charge in [-0.25, -0.2) is 0 Å². The van der Waals surface area contributed by atoms with E-state index in [1.54, 1.807) is 0 Å². The van der Waals surface area contributed by atoms with Crippen molar-refractivity contribution in [3.8, 4) is 0 Å². The summed E-state index contributed by atoms with van der Waals surface area (Å²) in [4.78, 5) is 11.8. The molecule has 1 aliphatic carbocycles. The van der Waals surface area contributed by atoms with Gasteiger partial charge >= 0.3 is 5.97 Å². The summed E-state index contributed by atoms with van der Waals surface area (Å²) >= 11 is 0. The van der Waals surface area contributed by atoms with Crippen LogP contribution in [0.4, 0.5) is 0 Å². The van der Waals surface area contributed by atoms with Crippen LogP contribution in [0.15, 0.2) is 12.7 Å². The Morgan fingerprint density at radius 1 is 1.40 bits per heavy atom. The maximum atomic E-state index is 11.8. The SMILES string of the molecule is C=CCC1(OC(=O)C(C)(C)C)CCCC1. The molecule has 0 bridgehead atoms. The minimum absolute atomic E-state index is 0.0914. The molecule has 0 aromatic rings. The van der Waals surface area contributed by atoms with E-state index >= 15 is 0 Å². The molecule has 15 heavy (non-hydrogen) atoms. The van der Waals surface area contributed by atoms with Crippen molar-refractivity contribution in [1.82, 2.24) is 0 Å². The Kier molecular flexibility index (Phi) is 3.58. The largest absolute Gasteiger partial charge is 0.458 e. The highest BCUT2D eigenvalue weighted by Gasteiger charge is 2.39. The smallest absolute Gasteiger partial charge is 0.311 e. The third-order valence-corrected chi connectivity index (χ3v) is 2.95. The van der Waals surface area contributed by atoms with Crippen molar-refractivity contribution in [1.29, 1.82) is 0 Å². The summed E-state index contributed by atoms with van der Waals surface area (Å²) in [7, 11) is 0. The lowest BCUT2D eigenvalue weighted by atomic mass is 9.94. The number of hydrogen-bond acceptors (Lipinski definition) is 2. The molecule has 86 valence electrons. The van der Waals surface area contributed by atoms with Gasteiger partial charge in [0.1, 0.15) is 5.60 Å². The van der Waals surface area contributed by atoms with E-state index in [1.807, 2.05) is 26.8 Å². The molecule has 0 aromatic heterocycles. The Morgan fingerprint density at radius 3 is 2.33 bits per heavy atom. The Balaban J connectivity index is 2.67. The summed E-state index contributed by atoms with van der Waals surface area (Å²) in [5, 5.41) is 0. The molecule has 0 amide bonds. The van der Waals surface area contributed by atoms with Crippen molar-refractivity contribution >= 4 is 5.97 Å². The summed E-state index contributed by atoms with van der Waals surface area (Å²) in [5.41, 5.74) is -0.650. The van der Waals surface area contributed by atoms with Gasteiger partial charge in [0.2, 0.25) is 0 Å². The zero-order chi connectivity index (χ0) is 11.5. The highest BCUT2D eigenvalue weighted by molar-refractivity contribution is 5.75. The number of rotatable bonds is 3. The first-order chi connectivity index (χ1) is 6.90. The van der Waals surface area contributed by atoms with Crippen LogP contribution in [0.1, 0.15) is 52.9 Å². The van der Waals surface area contributed by atoms with Gasteiger partial charge in [-0.15, -0.1) is 6.58 Å². The molecule has 0 saturated heterocycles. The van der Waals surface area contributed by atoms with Crippen molar-refractivity contribution in [2.45, 2.75) is 58.5 Å². The van der Waals surface area contributed by atoms with Gasteiger partial charge in [0, 0.05) is 6.42 Å². The summed E-state index contributed by atoms with van der Waals surface area (Å²) in [6, 6.07) is 0. The molecule has 0 spiro atoms. The predicted octanol–water partition coefficient (Wildman–Crippen LogP) is 3.46. The van der Waals surface area contributed by atoms with Crippen molar-refractivity contribution in [2.75, 3.05) is 0 Å². The van der Waals surface area contributed by atoms with Gasteiger partial charge in [0.05, 0.1) is 5.41 Å². The molecule has 0 N–H and O–H groups in total. The van der Waals surface area contributed by atoms with Crippen LogP contribution in [0.3, 0.4) is 0 Å². The van der Waals surface area contributed by atoms with E-state index in [0.717, 1.165) is 32.1 Å². The molecular weight excluding hydrogens is 188 g/mol. The van der Waals surface area contributed by atoms with Crippen LogP contribution >= 0.6 is 0 Å². The van der Waals surface area contributed by atoms with Crippen LogP contribution in [-0.2, 0) is 9.53 Å². The van der Waals surface area contributed by atoms with Crippen molar-refractivity contribution in [2.24, 2.45) is 5.41 Å². The van der Waals surface area contributed by atoms with Gasteiger partial charge in [0.25, 0.3) is 0 Å². The minimum Gasteiger partial charge on any atom is -0.458 e. The van der Waals surface area contributed by atoms with Crippen LogP contribution < -0.4 is 0 Å². The van der Waals surface area contributed by atoms with Crippen LogP contribution in [0.25, 0.3) is 0 Å². The molecule has 0 aromatic carbocycles. The van der Waals surface area contributed by atoms with E-state index in [-0.39, 0.29) is 11.6 Å². The fourth-order valence-electron chi connectivity index (χ4n) is 1.98. The Morgan fingerprint density at radius 2 is 1.93 bits per heavy atom. The Bertz CT molecular complexity index is 242. The van der Waals surface area contributed by atoms with Gasteiger partial charge in [-0.05, 0) is 46.5 Å². The molecule has 1 fully saturated rings. The van der Waals surface area contributed by atoms with Crippen LogP contribution in [0, 0.1) is 5.41 Å². The first-order valence-electron chi connectivity index (χ1n) is 5.74. The fraction of sp³-hybridized carbons (Fsp3) is 0.769. The second-order valence-corrected chi connectivity index (χ2v) is 5.52. The Labute approximate surface area is 92.7 Å². The molecular formula is C13H22O2. The maximum absolute atomic E-state index is 11.8. The topological polar surface area (TPSA) is 26.3 Å². The summed E-state index contributed by atoms with van der Waals surface area (Å²) in [5.74, 6) is -0.0914. The van der Waals surface area contributed by atoms with E-state index in [4.69, 9.17) is 4.74 Å². The fourth-order valence-corrected chi connectivity index (χ4v) is 1.98. The maximum Gasteiger partial charge on any atom is 0.311 e. The van der Waals surface area contributed by atoms with Gasteiger partial charge in [-0.1, -0.05) is 6.08 Å². The second kappa shape index (κ2) is 4.38. The van der Waals surface area contributed by atoms with Gasteiger partial charge in [0.15, 0.2) is 0 Å². The van der Waals surface area contributed by atoms with E-state index in [1.165, 1.54) is 0 Å². The van der Waals surface area contributed by atoms with E-state index in [9.17, 15) is 4.79 Å². The monoisotopic (exact) mass is 210 g/mol. The van der Waals surface area contributed by atoms with Crippen molar-refractivity contribution in [3.63, 3.8) is 0 Å². The average Bonchev–Trinajstić information content (AvgIpc) is 2.52. The molecule has 0 unspecified atom stereocenters. The minimum atomic E-state index is -0.406. The first-order valence-corrected chi connectivity index (χ1v) is 5.74.